The van der Waals surface area contributed by atoms with E-state index in [0.29, 0.717) is 17.9 Å². The number of ether oxygens (including phenoxy) is 1. The highest BCUT2D eigenvalue weighted by Gasteiger charge is 2.66. The Morgan fingerprint density at radius 3 is 2.52 bits per heavy atom. The van der Waals surface area contributed by atoms with Gasteiger partial charge in [-0.2, -0.15) is 0 Å². The number of imide groups is 1. The third-order valence-electron chi connectivity index (χ3n) is 6.24. The fourth-order valence-electron chi connectivity index (χ4n) is 4.61. The lowest BCUT2D eigenvalue weighted by molar-refractivity contribution is -0.384. The predicted octanol–water partition coefficient (Wildman–Crippen LogP) is 2.68. The molecule has 2 heterocycles. The average Bonchev–Trinajstić information content (AvgIpc) is 3.26. The van der Waals surface area contributed by atoms with Gasteiger partial charge in [-0.25, -0.2) is 4.90 Å². The van der Waals surface area contributed by atoms with Crippen LogP contribution in [0.15, 0.2) is 48.5 Å². The van der Waals surface area contributed by atoms with Crippen LogP contribution in [-0.4, -0.2) is 40.0 Å². The highest BCUT2D eigenvalue weighted by Crippen LogP contribution is 2.50. The zero-order valence-electron chi connectivity index (χ0n) is 18.1. The van der Waals surface area contributed by atoms with Gasteiger partial charge in [-0.05, 0) is 37.1 Å². The maximum atomic E-state index is 13.5. The molecule has 2 aliphatic heterocycles. The Morgan fingerprint density at radius 1 is 1.21 bits per heavy atom. The third-order valence-corrected chi connectivity index (χ3v) is 6.24. The number of rotatable bonds is 7. The lowest BCUT2D eigenvalue weighted by atomic mass is 9.80. The molecule has 2 aromatic carbocycles. The number of nitro benzene ring substituents is 1. The number of nitrogens with zero attached hydrogens (tertiary/aromatic N) is 2. The molecule has 0 saturated carbocycles. The van der Waals surface area contributed by atoms with Gasteiger partial charge in [0.15, 0.2) is 0 Å². The van der Waals surface area contributed by atoms with Crippen LogP contribution in [0.4, 0.5) is 11.4 Å². The molecule has 2 saturated heterocycles. The van der Waals surface area contributed by atoms with Crippen LogP contribution >= 0.6 is 0 Å². The van der Waals surface area contributed by atoms with Crippen LogP contribution in [0.2, 0.25) is 0 Å². The molecule has 0 aromatic heterocycles. The first-order valence-electron chi connectivity index (χ1n) is 10.5. The SMILES string of the molecule is CCCOc1ccc(C2NC(C)(C(=O)O)C3C(=O)N(c4cccc([N+](=O)[O-])c4)C(=O)C23)cc1. The molecule has 2 fully saturated rings. The summed E-state index contributed by atoms with van der Waals surface area (Å²) in [4.78, 5) is 50.4. The zero-order valence-corrected chi connectivity index (χ0v) is 18.1. The van der Waals surface area contributed by atoms with Crippen molar-refractivity contribution in [3.05, 3.63) is 64.2 Å². The molecule has 4 unspecified atom stereocenters. The first-order valence-corrected chi connectivity index (χ1v) is 10.5. The smallest absolute Gasteiger partial charge is 0.324 e. The Kier molecular flexibility index (Phi) is 5.62. The number of benzene rings is 2. The molecule has 4 rings (SSSR count). The number of carboxylic acids is 1. The summed E-state index contributed by atoms with van der Waals surface area (Å²) in [6.45, 7) is 3.92. The van der Waals surface area contributed by atoms with E-state index in [4.69, 9.17) is 4.74 Å². The summed E-state index contributed by atoms with van der Waals surface area (Å²) in [5.41, 5.74) is -1.29. The minimum atomic E-state index is -1.70. The first-order chi connectivity index (χ1) is 15.7. The van der Waals surface area contributed by atoms with Crippen LogP contribution in [0.1, 0.15) is 31.9 Å². The third kappa shape index (κ3) is 3.62. The van der Waals surface area contributed by atoms with Crippen molar-refractivity contribution in [2.45, 2.75) is 31.8 Å². The van der Waals surface area contributed by atoms with Crippen LogP contribution in [0.5, 0.6) is 5.75 Å². The quantitative estimate of drug-likeness (QED) is 0.371. The van der Waals surface area contributed by atoms with E-state index in [1.165, 1.54) is 25.1 Å². The molecular weight excluding hydrogens is 430 g/mol. The Hall–Kier alpha value is -3.79. The van der Waals surface area contributed by atoms with Crippen LogP contribution in [0.3, 0.4) is 0 Å². The predicted molar refractivity (Wildman–Crippen MR) is 117 cm³/mol. The number of carboxylic acid groups (broad SMARTS) is 1. The van der Waals surface area contributed by atoms with Crippen LogP contribution in [0, 0.1) is 22.0 Å². The van der Waals surface area contributed by atoms with E-state index < -0.39 is 46.1 Å². The van der Waals surface area contributed by atoms with Crippen molar-refractivity contribution in [2.75, 3.05) is 11.5 Å². The number of nitro groups is 1. The monoisotopic (exact) mass is 453 g/mol. The zero-order chi connectivity index (χ0) is 23.9. The Balaban J connectivity index is 1.74. The number of nitrogens with one attached hydrogen (secondary N) is 1. The molecule has 2 aliphatic rings. The Morgan fingerprint density at radius 2 is 1.91 bits per heavy atom. The van der Waals surface area contributed by atoms with Crippen molar-refractivity contribution in [3.8, 4) is 5.75 Å². The molecule has 4 atom stereocenters. The normalized spacial score (nSPS) is 26.4. The lowest BCUT2D eigenvalue weighted by Crippen LogP contribution is -2.53. The minimum Gasteiger partial charge on any atom is -0.494 e. The summed E-state index contributed by atoms with van der Waals surface area (Å²) in [6.07, 6.45) is 0.844. The van der Waals surface area contributed by atoms with Crippen LogP contribution < -0.4 is 15.0 Å². The van der Waals surface area contributed by atoms with E-state index in [2.05, 4.69) is 5.32 Å². The number of hydrogen-bond donors (Lipinski definition) is 2. The highest BCUT2D eigenvalue weighted by molar-refractivity contribution is 6.24. The summed E-state index contributed by atoms with van der Waals surface area (Å²) in [5.74, 6) is -4.08. The van der Waals surface area contributed by atoms with Crippen molar-refractivity contribution in [1.29, 1.82) is 0 Å². The standard InChI is InChI=1S/C23H23N3O7/c1-3-11-33-16-9-7-13(8-10-16)19-17-18(23(2,24-19)22(29)30)21(28)25(20(17)27)14-5-4-6-15(12-14)26(31)32/h4-10,12,17-19,24H,3,11H2,1-2H3,(H,29,30). The molecule has 10 nitrogen and oxygen atoms in total. The van der Waals surface area contributed by atoms with E-state index in [1.54, 1.807) is 24.3 Å². The van der Waals surface area contributed by atoms with E-state index in [-0.39, 0.29) is 11.4 Å². The number of hydrogen-bond acceptors (Lipinski definition) is 7. The first kappa shape index (κ1) is 22.4. The highest BCUT2D eigenvalue weighted by atomic mass is 16.6. The van der Waals surface area contributed by atoms with Gasteiger partial charge in [-0.3, -0.25) is 29.8 Å². The summed E-state index contributed by atoms with van der Waals surface area (Å²) in [6, 6.07) is 11.4. The Bertz CT molecular complexity index is 1130. The Labute approximate surface area is 189 Å². The average molecular weight is 453 g/mol. The molecule has 0 spiro atoms. The lowest BCUT2D eigenvalue weighted by Gasteiger charge is -2.27. The molecule has 0 bridgehead atoms. The molecule has 0 radical (unpaired) electrons. The second kappa shape index (κ2) is 8.28. The summed E-state index contributed by atoms with van der Waals surface area (Å²) >= 11 is 0. The molecular formula is C23H23N3O7. The van der Waals surface area contributed by atoms with Crippen LogP contribution in [-0.2, 0) is 14.4 Å². The number of carbonyl (C=O) groups excluding carboxylic acids is 2. The molecule has 33 heavy (non-hydrogen) atoms. The van der Waals surface area contributed by atoms with E-state index in [9.17, 15) is 29.6 Å². The van der Waals surface area contributed by atoms with Gasteiger partial charge >= 0.3 is 5.97 Å². The van der Waals surface area contributed by atoms with Gasteiger partial charge in [-0.1, -0.05) is 25.1 Å². The van der Waals surface area contributed by atoms with Gasteiger partial charge in [0.1, 0.15) is 11.3 Å². The van der Waals surface area contributed by atoms with Gasteiger partial charge in [0, 0.05) is 18.2 Å². The molecule has 2 aromatic rings. The van der Waals surface area contributed by atoms with Crippen molar-refractivity contribution < 1.29 is 29.2 Å². The van der Waals surface area contributed by atoms with Crippen molar-refractivity contribution in [3.63, 3.8) is 0 Å². The van der Waals surface area contributed by atoms with Gasteiger partial charge in [0.05, 0.1) is 29.1 Å². The van der Waals surface area contributed by atoms with Gasteiger partial charge in [-0.15, -0.1) is 0 Å². The fraction of sp³-hybridized carbons (Fsp3) is 0.348. The molecule has 0 aliphatic carbocycles. The van der Waals surface area contributed by atoms with Crippen molar-refractivity contribution in [2.24, 2.45) is 11.8 Å². The van der Waals surface area contributed by atoms with Crippen molar-refractivity contribution >= 4 is 29.2 Å². The number of anilines is 1. The number of aliphatic carboxylic acids is 1. The van der Waals surface area contributed by atoms with Crippen LogP contribution in [0.25, 0.3) is 0 Å². The largest absolute Gasteiger partial charge is 0.494 e. The molecule has 10 heteroatoms. The van der Waals surface area contributed by atoms with Gasteiger partial charge in [0.2, 0.25) is 11.8 Å². The van der Waals surface area contributed by atoms with Crippen molar-refractivity contribution in [1.82, 2.24) is 5.32 Å². The van der Waals surface area contributed by atoms with E-state index in [0.717, 1.165) is 17.4 Å². The topological polar surface area (TPSA) is 139 Å². The summed E-state index contributed by atoms with van der Waals surface area (Å²) < 4.78 is 5.58. The fourth-order valence-corrected chi connectivity index (χ4v) is 4.61. The second-order valence-corrected chi connectivity index (χ2v) is 8.34. The summed E-state index contributed by atoms with van der Waals surface area (Å²) in [7, 11) is 0. The number of carbonyl (C=O) groups is 3. The van der Waals surface area contributed by atoms with Gasteiger partial charge in [0.25, 0.3) is 5.69 Å². The number of non-ortho nitro benzene ring substituents is 1. The molecule has 2 amide bonds. The minimum absolute atomic E-state index is 0.0448. The maximum Gasteiger partial charge on any atom is 0.324 e. The number of amides is 2. The molecule has 172 valence electrons. The van der Waals surface area contributed by atoms with E-state index in [1.807, 2.05) is 6.92 Å². The van der Waals surface area contributed by atoms with Gasteiger partial charge < -0.3 is 9.84 Å². The summed E-state index contributed by atoms with van der Waals surface area (Å²) in [5, 5.41) is 24.1. The maximum absolute atomic E-state index is 13.5. The number of fused-ring (bicyclic) bond motifs is 1. The second-order valence-electron chi connectivity index (χ2n) is 8.34. The molecule has 2 N–H and O–H groups in total. The van der Waals surface area contributed by atoms with E-state index >= 15 is 0 Å².